The topological polar surface area (TPSA) is 154 Å². The summed E-state index contributed by atoms with van der Waals surface area (Å²) in [7, 11) is 1.59. The van der Waals surface area contributed by atoms with Crippen molar-refractivity contribution in [3.63, 3.8) is 0 Å². The number of nitrogens with one attached hydrogen (secondary N) is 3. The first-order valence-corrected chi connectivity index (χ1v) is 11.6. The van der Waals surface area contributed by atoms with Crippen LogP contribution in [0.5, 0.6) is 0 Å². The minimum absolute atomic E-state index is 0. The fourth-order valence-electron chi connectivity index (χ4n) is 1.79. The zero-order valence-corrected chi connectivity index (χ0v) is 23.9. The number of ether oxygens (including phenoxy) is 1. The summed E-state index contributed by atoms with van der Waals surface area (Å²) in [6.07, 6.45) is 2.45. The normalized spacial score (nSPS) is 9.03. The van der Waals surface area contributed by atoms with Gasteiger partial charge in [-0.2, -0.15) is 6.92 Å². The molecule has 0 aromatic heterocycles. The van der Waals surface area contributed by atoms with Gasteiger partial charge in [-0.3, -0.25) is 14.4 Å². The number of carbonyl (C=O) groups is 3. The van der Waals surface area contributed by atoms with Gasteiger partial charge in [0, 0.05) is 26.2 Å². The molecule has 3 amide bonds. The molecule has 0 saturated carbocycles. The molecule has 0 spiro atoms. The Morgan fingerprint density at radius 2 is 1.31 bits per heavy atom. The summed E-state index contributed by atoms with van der Waals surface area (Å²) in [5, 5.41) is 24.7. The van der Waals surface area contributed by atoms with Crippen LogP contribution in [-0.2, 0) is 42.3 Å². The molecule has 0 rings (SSSR count). The summed E-state index contributed by atoms with van der Waals surface area (Å²) < 4.78 is 13.3. The predicted octanol–water partition coefficient (Wildman–Crippen LogP) is 0.974. The SMILES string of the molecule is CC.CC.COCC(CO)CCCCNC(=O)CNC(=O)CNC(=O)CO.[CH2-]C.[CH3-].[O]=[W]. The molecule has 0 radical (unpaired) electrons. The molecule has 10 nitrogen and oxygen atoms in total. The van der Waals surface area contributed by atoms with Crippen LogP contribution in [0.4, 0.5) is 0 Å². The Morgan fingerprint density at radius 1 is 0.875 bits per heavy atom. The van der Waals surface area contributed by atoms with E-state index in [1.807, 2.05) is 27.7 Å². The third-order valence-electron chi connectivity index (χ3n) is 3.06. The van der Waals surface area contributed by atoms with Crippen LogP contribution in [0.25, 0.3) is 0 Å². The van der Waals surface area contributed by atoms with Gasteiger partial charge in [0.15, 0.2) is 0 Å². The molecule has 0 fully saturated rings. The molecule has 1 unspecified atom stereocenters. The number of methoxy groups -OCH3 is 1. The number of hydrogen-bond donors (Lipinski definition) is 5. The predicted molar refractivity (Wildman–Crippen MR) is 123 cm³/mol. The van der Waals surface area contributed by atoms with E-state index in [0.717, 1.165) is 19.3 Å². The van der Waals surface area contributed by atoms with E-state index in [2.05, 4.69) is 22.9 Å². The van der Waals surface area contributed by atoms with Gasteiger partial charge in [-0.25, -0.2) is 0 Å². The molecule has 0 aliphatic rings. The molecule has 196 valence electrons. The van der Waals surface area contributed by atoms with Crippen LogP contribution < -0.4 is 16.0 Å². The van der Waals surface area contributed by atoms with E-state index in [4.69, 9.17) is 18.3 Å². The third-order valence-corrected chi connectivity index (χ3v) is 3.06. The number of amides is 3. The van der Waals surface area contributed by atoms with E-state index in [1.54, 1.807) is 14.0 Å². The van der Waals surface area contributed by atoms with Gasteiger partial charge in [-0.1, -0.05) is 34.1 Å². The average molecular weight is 637 g/mol. The van der Waals surface area contributed by atoms with Gasteiger partial charge in [-0.15, -0.1) is 0 Å². The first kappa shape index (κ1) is 44.5. The van der Waals surface area contributed by atoms with Gasteiger partial charge >= 0.3 is 23.2 Å². The molecule has 11 heteroatoms. The van der Waals surface area contributed by atoms with E-state index in [0.29, 0.717) is 32.9 Å². The van der Waals surface area contributed by atoms with Crippen molar-refractivity contribution in [3.05, 3.63) is 14.4 Å². The summed E-state index contributed by atoms with van der Waals surface area (Å²) in [6.45, 7) is 12.9. The Kier molecular flexibility index (Phi) is 60.6. The molecule has 32 heavy (non-hydrogen) atoms. The van der Waals surface area contributed by atoms with Crippen molar-refractivity contribution < 1.29 is 52.5 Å². The van der Waals surface area contributed by atoms with Crippen LogP contribution in [0.2, 0.25) is 0 Å². The summed E-state index contributed by atoms with van der Waals surface area (Å²) in [4.78, 5) is 33.5. The van der Waals surface area contributed by atoms with E-state index >= 15 is 0 Å². The van der Waals surface area contributed by atoms with E-state index in [1.165, 1.54) is 0 Å². The van der Waals surface area contributed by atoms with Gasteiger partial charge in [0.2, 0.25) is 17.7 Å². The standard InChI is InChI=1S/C14H27N3O6.2C2H6.C2H5.CH3.O.W/c1-23-10-11(8-18)4-2-3-5-15-12(20)6-16-13(21)7-17-14(22)9-19;3*1-2;;;/h11,18-19H,2-10H2,1H3,(H,15,20)(H,16,21)(H,17,22);2*1-2H3;1H2,2H3;1H3;;/q;;;2*-1;;. The number of rotatable bonds is 13. The fraction of sp³-hybridized carbons (Fsp3) is 0.762. The summed E-state index contributed by atoms with van der Waals surface area (Å²) >= 11 is 0.333. The minimum atomic E-state index is -0.685. The van der Waals surface area contributed by atoms with Crippen LogP contribution in [-0.4, -0.2) is 74.5 Å². The van der Waals surface area contributed by atoms with E-state index in [-0.39, 0.29) is 38.9 Å². The van der Waals surface area contributed by atoms with Crippen molar-refractivity contribution in [1.82, 2.24) is 16.0 Å². The Hall–Kier alpha value is -1.22. The first-order valence-electron chi connectivity index (χ1n) is 10.4. The second-order valence-corrected chi connectivity index (χ2v) is 5.06. The Balaban J connectivity index is -0.000000168. The summed E-state index contributed by atoms with van der Waals surface area (Å²) in [5.41, 5.74) is 0. The van der Waals surface area contributed by atoms with Crippen LogP contribution in [0.15, 0.2) is 0 Å². The second-order valence-electron chi connectivity index (χ2n) is 5.06. The Morgan fingerprint density at radius 3 is 1.72 bits per heavy atom. The van der Waals surface area contributed by atoms with Crippen LogP contribution in [0.3, 0.4) is 0 Å². The molecule has 0 saturated heterocycles. The average Bonchev–Trinajstić information content (AvgIpc) is 2.85. The van der Waals surface area contributed by atoms with E-state index in [9.17, 15) is 14.4 Å². The Labute approximate surface area is 206 Å². The maximum absolute atomic E-state index is 11.5. The number of aliphatic hydroxyl groups excluding tert-OH is 2. The molecule has 0 aromatic carbocycles. The van der Waals surface area contributed by atoms with Crippen molar-refractivity contribution in [2.24, 2.45) is 5.92 Å². The molecule has 0 aliphatic heterocycles. The molecule has 0 bridgehead atoms. The number of aliphatic hydroxyl groups is 2. The van der Waals surface area contributed by atoms with Crippen LogP contribution >= 0.6 is 0 Å². The van der Waals surface area contributed by atoms with Crippen molar-refractivity contribution in [1.29, 1.82) is 0 Å². The van der Waals surface area contributed by atoms with E-state index < -0.39 is 18.4 Å². The zero-order valence-electron chi connectivity index (χ0n) is 21.0. The van der Waals surface area contributed by atoms with Crippen molar-refractivity contribution in [3.8, 4) is 0 Å². The molecule has 0 aromatic rings. The molecular formula is C21H47N3O7W-2. The van der Waals surface area contributed by atoms with Crippen LogP contribution in [0.1, 0.15) is 53.9 Å². The fourth-order valence-corrected chi connectivity index (χ4v) is 1.79. The molecule has 0 aliphatic carbocycles. The number of unbranched alkanes of at least 4 members (excludes halogenated alkanes) is 1. The van der Waals surface area contributed by atoms with Gasteiger partial charge in [0.05, 0.1) is 19.7 Å². The number of hydrogen-bond acceptors (Lipinski definition) is 7. The molecular weight excluding hydrogens is 590 g/mol. The number of carbonyl (C=O) groups excluding carboxylic acids is 3. The summed E-state index contributed by atoms with van der Waals surface area (Å²) in [5.74, 6) is -1.36. The monoisotopic (exact) mass is 637 g/mol. The van der Waals surface area contributed by atoms with Gasteiger partial charge in [0.25, 0.3) is 0 Å². The molecule has 5 N–H and O–H groups in total. The second kappa shape index (κ2) is 43.6. The van der Waals surface area contributed by atoms with Crippen molar-refractivity contribution in [2.45, 2.75) is 53.9 Å². The van der Waals surface area contributed by atoms with Gasteiger partial charge in [0.1, 0.15) is 6.61 Å². The molecule has 1 atom stereocenters. The zero-order chi connectivity index (χ0) is 25.5. The third kappa shape index (κ3) is 39.3. The molecule has 0 heterocycles. The quantitative estimate of drug-likeness (QED) is 0.149. The van der Waals surface area contributed by atoms with Crippen molar-refractivity contribution >= 4 is 17.7 Å². The first-order chi connectivity index (χ1) is 15.0. The van der Waals surface area contributed by atoms with Crippen molar-refractivity contribution in [2.75, 3.05) is 46.6 Å². The Bertz CT molecular complexity index is 390. The maximum atomic E-state index is 11.5. The summed E-state index contributed by atoms with van der Waals surface area (Å²) in [6, 6.07) is 0. The van der Waals surface area contributed by atoms with Gasteiger partial charge < -0.3 is 45.3 Å². The van der Waals surface area contributed by atoms with Crippen LogP contribution in [0, 0.1) is 20.3 Å². The van der Waals surface area contributed by atoms with Gasteiger partial charge in [-0.05, 0) is 12.8 Å².